The molecule has 2 amide bonds. The van der Waals surface area contributed by atoms with Crippen molar-refractivity contribution in [3.8, 4) is 11.3 Å². The van der Waals surface area contributed by atoms with Crippen molar-refractivity contribution in [2.75, 3.05) is 33.4 Å². The fourth-order valence-corrected chi connectivity index (χ4v) is 8.99. The van der Waals surface area contributed by atoms with E-state index in [1.807, 2.05) is 26.1 Å². The van der Waals surface area contributed by atoms with Gasteiger partial charge in [0.25, 0.3) is 5.91 Å². The van der Waals surface area contributed by atoms with Crippen LogP contribution in [0, 0.1) is 23.2 Å². The lowest BCUT2D eigenvalue weighted by Gasteiger charge is -2.40. The highest BCUT2D eigenvalue weighted by molar-refractivity contribution is 5.95. The molecule has 3 aromatic rings. The Kier molecular flexibility index (Phi) is 10.8. The number of hydrazine groups is 1. The second-order valence-corrected chi connectivity index (χ2v) is 16.8. The third kappa shape index (κ3) is 7.22. The number of pyridine rings is 1. The number of cyclic esters (lactones) is 1. The van der Waals surface area contributed by atoms with E-state index in [2.05, 4.69) is 85.2 Å². The van der Waals surface area contributed by atoms with Crippen molar-refractivity contribution in [2.45, 2.75) is 105 Å². The highest BCUT2D eigenvalue weighted by Crippen LogP contribution is 2.46. The number of fused-ring (bicyclic) bond motifs is 6. The Morgan fingerprint density at radius 1 is 1.15 bits per heavy atom. The van der Waals surface area contributed by atoms with Crippen LogP contribution in [0.4, 0.5) is 0 Å². The topological polar surface area (TPSA) is 118 Å². The molecule has 0 radical (unpaired) electrons. The molecule has 8 atom stereocenters. The Bertz CT molecular complexity index is 1940. The Hall–Kier alpha value is -4.06. The normalized spacial score (nSPS) is 29.2. The van der Waals surface area contributed by atoms with Crippen LogP contribution in [-0.2, 0) is 36.8 Å². The molecule has 6 bridgehead atoms. The van der Waals surface area contributed by atoms with Crippen LogP contribution in [0.5, 0.6) is 0 Å². The van der Waals surface area contributed by atoms with Crippen LogP contribution >= 0.6 is 0 Å². The van der Waals surface area contributed by atoms with E-state index in [1.165, 1.54) is 11.1 Å². The lowest BCUT2D eigenvalue weighted by Crippen LogP contribution is -2.64. The van der Waals surface area contributed by atoms with Crippen LogP contribution < -0.4 is 10.7 Å². The molecule has 3 aliphatic heterocycles. The molecule has 11 heteroatoms. The number of nitrogens with one attached hydrogen (secondary N) is 2. The highest BCUT2D eigenvalue weighted by Gasteiger charge is 2.50. The number of benzene rings is 1. The monoisotopic (exact) mass is 738 g/mol. The fraction of sp³-hybridized carbons (Fsp3) is 0.581. The number of methoxy groups -OCH3 is 1. The highest BCUT2D eigenvalue weighted by atomic mass is 16.5. The molecule has 1 unspecified atom stereocenters. The summed E-state index contributed by atoms with van der Waals surface area (Å²) in [5.41, 5.74) is 10.5. The molecule has 1 aliphatic carbocycles. The van der Waals surface area contributed by atoms with E-state index >= 15 is 0 Å². The van der Waals surface area contributed by atoms with E-state index in [-0.39, 0.29) is 54.3 Å². The van der Waals surface area contributed by atoms with Gasteiger partial charge in [-0.1, -0.05) is 39.8 Å². The quantitative estimate of drug-likeness (QED) is 0.300. The Morgan fingerprint density at radius 3 is 2.65 bits per heavy atom. The van der Waals surface area contributed by atoms with Crippen molar-refractivity contribution in [1.29, 1.82) is 0 Å². The maximum absolute atomic E-state index is 14.4. The summed E-state index contributed by atoms with van der Waals surface area (Å²) < 4.78 is 14.3. The summed E-state index contributed by atoms with van der Waals surface area (Å²) in [4.78, 5) is 48.9. The van der Waals surface area contributed by atoms with E-state index < -0.39 is 17.5 Å². The Morgan fingerprint density at radius 2 is 1.93 bits per heavy atom. The largest absolute Gasteiger partial charge is 0.464 e. The summed E-state index contributed by atoms with van der Waals surface area (Å²) in [7, 11) is 1.71. The first-order valence-corrected chi connectivity index (χ1v) is 19.9. The van der Waals surface area contributed by atoms with Gasteiger partial charge in [0, 0.05) is 73.3 Å². The first-order valence-electron chi connectivity index (χ1n) is 19.9. The molecule has 2 fully saturated rings. The maximum atomic E-state index is 14.4. The van der Waals surface area contributed by atoms with Gasteiger partial charge in [0.05, 0.1) is 24.1 Å². The molecule has 11 nitrogen and oxygen atoms in total. The molecule has 54 heavy (non-hydrogen) atoms. The minimum atomic E-state index is -0.782. The van der Waals surface area contributed by atoms with Gasteiger partial charge >= 0.3 is 5.97 Å². The lowest BCUT2D eigenvalue weighted by atomic mass is 9.84. The van der Waals surface area contributed by atoms with E-state index in [1.54, 1.807) is 12.1 Å². The van der Waals surface area contributed by atoms with Gasteiger partial charge in [-0.2, -0.15) is 0 Å². The number of ether oxygens (including phenoxy) is 2. The van der Waals surface area contributed by atoms with E-state index in [4.69, 9.17) is 14.5 Å². The van der Waals surface area contributed by atoms with Gasteiger partial charge in [-0.15, -0.1) is 0 Å². The molecule has 5 heterocycles. The predicted molar refractivity (Wildman–Crippen MR) is 210 cm³/mol. The van der Waals surface area contributed by atoms with E-state index in [9.17, 15) is 14.4 Å². The maximum Gasteiger partial charge on any atom is 0.324 e. The summed E-state index contributed by atoms with van der Waals surface area (Å²) in [5, 5.41) is 5.91. The minimum Gasteiger partial charge on any atom is -0.464 e. The van der Waals surface area contributed by atoms with Gasteiger partial charge in [-0.25, -0.2) is 5.43 Å². The summed E-state index contributed by atoms with van der Waals surface area (Å²) in [6.45, 7) is 17.5. The zero-order chi connectivity index (χ0) is 38.5. The van der Waals surface area contributed by atoms with Crippen LogP contribution in [0.3, 0.4) is 0 Å². The number of esters is 1. The van der Waals surface area contributed by atoms with Crippen LogP contribution in [-0.4, -0.2) is 88.7 Å². The smallest absolute Gasteiger partial charge is 0.324 e. The van der Waals surface area contributed by atoms with Gasteiger partial charge in [-0.3, -0.25) is 29.3 Å². The van der Waals surface area contributed by atoms with Gasteiger partial charge < -0.3 is 19.4 Å². The van der Waals surface area contributed by atoms with Crippen molar-refractivity contribution in [2.24, 2.45) is 23.2 Å². The molecule has 290 valence electrons. The van der Waals surface area contributed by atoms with Crippen molar-refractivity contribution in [3.05, 3.63) is 59.4 Å². The average Bonchev–Trinajstić information content (AvgIpc) is 3.67. The van der Waals surface area contributed by atoms with Gasteiger partial charge in [0.1, 0.15) is 12.1 Å². The summed E-state index contributed by atoms with van der Waals surface area (Å²) in [6.07, 6.45) is 6.63. The lowest BCUT2D eigenvalue weighted by molar-refractivity contribution is -0.156. The first-order chi connectivity index (χ1) is 25.8. The number of aromatic nitrogens is 2. The standard InChI is InChI=1S/C43H58N6O5/c1-9-48-35-17-16-29-21-32(35)33(39(48)31-14-10-18-44-38(31)28(5)53-8)22-43(6,7)24-54-42(52)34-15-12-20-49(46-34)41(51)37(45-40(50)36-25(2)26(36)3)27(4)47-19-11-13-30(29)23-47/h10,13-14,16-18,21,25-28,34,36-37,46H,9,11-12,15,19-20,22-24H2,1-8H3,(H,45,50)/t25-,26+,27-,28-,34-,36+,37-/m0/s1. The zero-order valence-electron chi connectivity index (χ0n) is 33.3. The minimum absolute atomic E-state index is 0.0730. The number of aryl methyl sites for hydroxylation is 1. The van der Waals surface area contributed by atoms with Gasteiger partial charge in [0.15, 0.2) is 0 Å². The van der Waals surface area contributed by atoms with Crippen LogP contribution in [0.25, 0.3) is 27.7 Å². The third-order valence-corrected chi connectivity index (χ3v) is 12.6. The molecule has 1 saturated carbocycles. The van der Waals surface area contributed by atoms with Crippen LogP contribution in [0.2, 0.25) is 0 Å². The number of nitrogens with zero attached hydrogens (tertiary/aromatic N) is 4. The molecule has 4 aliphatic rings. The number of rotatable bonds is 6. The second-order valence-electron chi connectivity index (χ2n) is 16.8. The molecule has 2 aromatic heterocycles. The van der Waals surface area contributed by atoms with E-state index in [0.29, 0.717) is 32.4 Å². The molecule has 0 spiro atoms. The van der Waals surface area contributed by atoms with E-state index in [0.717, 1.165) is 52.9 Å². The predicted octanol–water partition coefficient (Wildman–Crippen LogP) is 5.92. The molecule has 7 rings (SSSR count). The third-order valence-electron chi connectivity index (χ3n) is 12.6. The summed E-state index contributed by atoms with van der Waals surface area (Å²) in [6, 6.07) is 9.16. The van der Waals surface area contributed by atoms with Crippen molar-refractivity contribution >= 4 is 34.3 Å². The van der Waals surface area contributed by atoms with Gasteiger partial charge in [-0.05, 0) is 99.3 Å². The van der Waals surface area contributed by atoms with Crippen molar-refractivity contribution < 1.29 is 23.9 Å². The van der Waals surface area contributed by atoms with Crippen molar-refractivity contribution in [3.63, 3.8) is 0 Å². The Labute approximate surface area is 319 Å². The number of hydrogen-bond donors (Lipinski definition) is 2. The zero-order valence-corrected chi connectivity index (χ0v) is 33.3. The molecule has 1 aromatic carbocycles. The number of carbonyl (C=O) groups is 3. The average molecular weight is 739 g/mol. The number of hydrogen-bond acceptors (Lipinski definition) is 8. The number of carbonyl (C=O) groups excluding carboxylic acids is 3. The SMILES string of the molecule is CCn1c(-c2cccnc2[C@H](C)OC)c2c3cc(ccc31)C1=CCCN(C1)[C@@H](C)[C@H](NC(=O)[C@H]1[C@H](C)[C@@H]1C)C(=O)N1CCC[C@H](N1)C(=O)OCC(C)(C)C2. The van der Waals surface area contributed by atoms with Crippen LogP contribution in [0.1, 0.15) is 90.7 Å². The molecular weight excluding hydrogens is 681 g/mol. The van der Waals surface area contributed by atoms with Crippen LogP contribution in [0.15, 0.2) is 42.6 Å². The summed E-state index contributed by atoms with van der Waals surface area (Å²) >= 11 is 0. The van der Waals surface area contributed by atoms with Gasteiger partial charge in [0.2, 0.25) is 5.91 Å². The molecule has 2 N–H and O–H groups in total. The van der Waals surface area contributed by atoms with Crippen molar-refractivity contribution in [1.82, 2.24) is 30.2 Å². The Balaban J connectivity index is 1.34. The number of amides is 2. The fourth-order valence-electron chi connectivity index (χ4n) is 8.99. The first kappa shape index (κ1) is 38.2. The molecular formula is C43H58N6O5. The second kappa shape index (κ2) is 15.2. The molecule has 1 saturated heterocycles. The summed E-state index contributed by atoms with van der Waals surface area (Å²) in [5.74, 6) is -0.195.